The quantitative estimate of drug-likeness (QED) is 0.378. The number of ether oxygens (including phenoxy) is 2. The van der Waals surface area contributed by atoms with Crippen LogP contribution in [0.4, 0.5) is 0 Å². The molecule has 0 aliphatic rings. The van der Waals surface area contributed by atoms with Crippen LogP contribution >= 0.6 is 0 Å². The Kier molecular flexibility index (Phi) is 5.43. The summed E-state index contributed by atoms with van der Waals surface area (Å²) in [5.41, 5.74) is 6.29. The van der Waals surface area contributed by atoms with Gasteiger partial charge in [0.15, 0.2) is 0 Å². The lowest BCUT2D eigenvalue weighted by atomic mass is 10.2. The minimum atomic E-state index is -0.323. The minimum Gasteiger partial charge on any atom is -0.497 e. The third kappa shape index (κ3) is 4.00. The number of hydrogen-bond acceptors (Lipinski definition) is 5. The first-order chi connectivity index (χ1) is 14.7. The average Bonchev–Trinajstić information content (AvgIpc) is 3.23. The molecule has 4 aromatic rings. The van der Waals surface area contributed by atoms with E-state index in [9.17, 15) is 4.79 Å². The Morgan fingerprint density at radius 1 is 1.03 bits per heavy atom. The third-order valence-electron chi connectivity index (χ3n) is 4.60. The van der Waals surface area contributed by atoms with E-state index in [1.807, 2.05) is 36.4 Å². The lowest BCUT2D eigenvalue weighted by Crippen LogP contribution is -2.17. The number of fused-ring (bicyclic) bond motifs is 1. The first-order valence-electron chi connectivity index (χ1n) is 9.28. The van der Waals surface area contributed by atoms with Gasteiger partial charge in [0, 0.05) is 22.8 Å². The number of amides is 1. The smallest absolute Gasteiger partial charge is 0.271 e. The molecule has 1 aromatic heterocycles. The maximum atomic E-state index is 12.5. The number of nitrogens with zero attached hydrogens (tertiary/aromatic N) is 2. The molecule has 30 heavy (non-hydrogen) atoms. The summed E-state index contributed by atoms with van der Waals surface area (Å²) in [6.45, 7) is 0. The van der Waals surface area contributed by atoms with E-state index in [2.05, 4.69) is 20.5 Å². The highest BCUT2D eigenvalue weighted by molar-refractivity contribution is 5.98. The second-order valence-electron chi connectivity index (χ2n) is 6.49. The van der Waals surface area contributed by atoms with Gasteiger partial charge in [-0.2, -0.15) is 5.10 Å². The number of benzene rings is 3. The lowest BCUT2D eigenvalue weighted by molar-refractivity contribution is 0.0955. The van der Waals surface area contributed by atoms with Crippen molar-refractivity contribution in [1.29, 1.82) is 0 Å². The van der Waals surface area contributed by atoms with Gasteiger partial charge in [0.05, 0.1) is 31.5 Å². The Morgan fingerprint density at radius 2 is 1.87 bits per heavy atom. The Labute approximate surface area is 173 Å². The van der Waals surface area contributed by atoms with Gasteiger partial charge < -0.3 is 14.5 Å². The number of imidazole rings is 1. The van der Waals surface area contributed by atoms with Crippen molar-refractivity contribution in [2.24, 2.45) is 5.10 Å². The normalized spacial score (nSPS) is 11.0. The summed E-state index contributed by atoms with van der Waals surface area (Å²) in [5.74, 6) is 1.71. The van der Waals surface area contributed by atoms with Gasteiger partial charge in [0.1, 0.15) is 17.3 Å². The third-order valence-corrected chi connectivity index (χ3v) is 4.60. The van der Waals surface area contributed by atoms with Crippen LogP contribution in [0, 0.1) is 0 Å². The molecular formula is C23H20N4O3. The summed E-state index contributed by atoms with van der Waals surface area (Å²) in [6.07, 6.45) is 1.53. The molecule has 0 unspecified atom stereocenters. The molecule has 0 atom stereocenters. The molecular weight excluding hydrogens is 380 g/mol. The van der Waals surface area contributed by atoms with E-state index in [-0.39, 0.29) is 5.91 Å². The number of H-pyrrole nitrogens is 1. The average molecular weight is 400 g/mol. The van der Waals surface area contributed by atoms with Crippen LogP contribution in [0.15, 0.2) is 71.8 Å². The topological polar surface area (TPSA) is 88.6 Å². The molecule has 0 aliphatic heterocycles. The van der Waals surface area contributed by atoms with Gasteiger partial charge >= 0.3 is 0 Å². The minimum absolute atomic E-state index is 0.323. The van der Waals surface area contributed by atoms with Crippen molar-refractivity contribution >= 4 is 23.2 Å². The largest absolute Gasteiger partial charge is 0.497 e. The zero-order valence-corrected chi connectivity index (χ0v) is 16.5. The molecule has 1 heterocycles. The Bertz CT molecular complexity index is 1220. The van der Waals surface area contributed by atoms with Crippen molar-refractivity contribution in [2.45, 2.75) is 0 Å². The van der Waals surface area contributed by atoms with Crippen molar-refractivity contribution in [3.05, 3.63) is 77.9 Å². The van der Waals surface area contributed by atoms with E-state index in [0.717, 1.165) is 28.0 Å². The van der Waals surface area contributed by atoms with Gasteiger partial charge in [-0.3, -0.25) is 4.79 Å². The number of aromatic nitrogens is 2. The summed E-state index contributed by atoms with van der Waals surface area (Å²) in [6, 6.07) is 20.5. The van der Waals surface area contributed by atoms with Crippen LogP contribution in [0.25, 0.3) is 22.4 Å². The predicted molar refractivity (Wildman–Crippen MR) is 116 cm³/mol. The number of hydrazone groups is 1. The number of carbonyl (C=O) groups is 1. The molecule has 150 valence electrons. The second-order valence-corrected chi connectivity index (χ2v) is 6.49. The fraction of sp³-hybridized carbons (Fsp3) is 0.0870. The zero-order chi connectivity index (χ0) is 20.9. The molecule has 0 bridgehead atoms. The molecule has 0 saturated carbocycles. The number of rotatable bonds is 6. The van der Waals surface area contributed by atoms with Gasteiger partial charge in [-0.15, -0.1) is 0 Å². The summed E-state index contributed by atoms with van der Waals surface area (Å²) in [5, 5.41) is 4.04. The molecule has 2 N–H and O–H groups in total. The number of methoxy groups -OCH3 is 2. The summed E-state index contributed by atoms with van der Waals surface area (Å²) >= 11 is 0. The highest BCUT2D eigenvalue weighted by atomic mass is 16.5. The fourth-order valence-electron chi connectivity index (χ4n) is 3.03. The predicted octanol–water partition coefficient (Wildman–Crippen LogP) is 4.01. The number of carbonyl (C=O) groups excluding carboxylic acids is 1. The monoisotopic (exact) mass is 400 g/mol. The van der Waals surface area contributed by atoms with Crippen LogP contribution in [0.5, 0.6) is 11.5 Å². The van der Waals surface area contributed by atoms with E-state index in [0.29, 0.717) is 17.1 Å². The van der Waals surface area contributed by atoms with E-state index in [1.165, 1.54) is 6.21 Å². The van der Waals surface area contributed by atoms with Crippen molar-refractivity contribution in [2.75, 3.05) is 14.2 Å². The van der Waals surface area contributed by atoms with E-state index >= 15 is 0 Å². The van der Waals surface area contributed by atoms with Gasteiger partial charge in [0.25, 0.3) is 5.91 Å². The van der Waals surface area contributed by atoms with Crippen LogP contribution in [-0.2, 0) is 0 Å². The molecule has 7 nitrogen and oxygen atoms in total. The summed E-state index contributed by atoms with van der Waals surface area (Å²) in [7, 11) is 3.15. The SMILES string of the molecule is COc1ccc(/C=N/NC(=O)c2ccc3nc(-c4ccccc4)[nH]c3c2)c(OC)c1. The van der Waals surface area contributed by atoms with E-state index in [4.69, 9.17) is 9.47 Å². The Balaban J connectivity index is 1.50. The van der Waals surface area contributed by atoms with Gasteiger partial charge in [0.2, 0.25) is 0 Å². The number of nitrogens with one attached hydrogen (secondary N) is 2. The molecule has 0 saturated heterocycles. The molecule has 3 aromatic carbocycles. The zero-order valence-electron chi connectivity index (χ0n) is 16.5. The van der Waals surface area contributed by atoms with E-state index in [1.54, 1.807) is 44.6 Å². The summed E-state index contributed by atoms with van der Waals surface area (Å²) in [4.78, 5) is 20.3. The van der Waals surface area contributed by atoms with Gasteiger partial charge in [-0.25, -0.2) is 10.4 Å². The molecule has 0 fully saturated rings. The second kappa shape index (κ2) is 8.48. The fourth-order valence-corrected chi connectivity index (χ4v) is 3.03. The molecule has 1 amide bonds. The first kappa shape index (κ1) is 19.2. The highest BCUT2D eigenvalue weighted by Crippen LogP contribution is 2.23. The van der Waals surface area contributed by atoms with Crippen LogP contribution < -0.4 is 14.9 Å². The molecule has 0 spiro atoms. The molecule has 0 aliphatic carbocycles. The van der Waals surface area contributed by atoms with Crippen LogP contribution in [0.1, 0.15) is 15.9 Å². The lowest BCUT2D eigenvalue weighted by Gasteiger charge is -2.07. The maximum Gasteiger partial charge on any atom is 0.271 e. The van der Waals surface area contributed by atoms with E-state index < -0.39 is 0 Å². The standard InChI is InChI=1S/C23H20N4O3/c1-29-18-10-8-17(21(13-18)30-2)14-24-27-23(28)16-9-11-19-20(12-16)26-22(25-19)15-6-4-3-5-7-15/h3-14H,1-2H3,(H,25,26)(H,27,28)/b24-14+. The molecule has 0 radical (unpaired) electrons. The highest BCUT2D eigenvalue weighted by Gasteiger charge is 2.10. The van der Waals surface area contributed by atoms with Gasteiger partial charge in [-0.1, -0.05) is 30.3 Å². The van der Waals surface area contributed by atoms with Crippen molar-refractivity contribution in [3.63, 3.8) is 0 Å². The van der Waals surface area contributed by atoms with Crippen molar-refractivity contribution < 1.29 is 14.3 Å². The first-order valence-corrected chi connectivity index (χ1v) is 9.28. The number of aromatic amines is 1. The van der Waals surface area contributed by atoms with Gasteiger partial charge in [-0.05, 0) is 30.3 Å². The van der Waals surface area contributed by atoms with Crippen LogP contribution in [0.3, 0.4) is 0 Å². The van der Waals surface area contributed by atoms with Crippen molar-refractivity contribution in [1.82, 2.24) is 15.4 Å². The summed E-state index contributed by atoms with van der Waals surface area (Å²) < 4.78 is 10.5. The molecule has 4 rings (SSSR count). The Morgan fingerprint density at radius 3 is 2.63 bits per heavy atom. The van der Waals surface area contributed by atoms with Crippen LogP contribution in [0.2, 0.25) is 0 Å². The van der Waals surface area contributed by atoms with Crippen LogP contribution in [-0.4, -0.2) is 36.3 Å². The molecule has 7 heteroatoms. The van der Waals surface area contributed by atoms with Crippen molar-refractivity contribution in [3.8, 4) is 22.9 Å². The maximum absolute atomic E-state index is 12.5. The number of hydrogen-bond donors (Lipinski definition) is 2. The Hall–Kier alpha value is -4.13.